The third kappa shape index (κ3) is 2.67. The van der Waals surface area contributed by atoms with E-state index in [1.807, 2.05) is 25.3 Å². The Morgan fingerprint density at radius 1 is 1.00 bits per heavy atom. The Morgan fingerprint density at radius 3 is 2.71 bits per heavy atom. The van der Waals surface area contributed by atoms with E-state index < -0.39 is 0 Å². The molecule has 4 aromatic rings. The van der Waals surface area contributed by atoms with Crippen LogP contribution >= 0.6 is 0 Å². The summed E-state index contributed by atoms with van der Waals surface area (Å²) in [6.07, 6.45) is 2.96. The van der Waals surface area contributed by atoms with Gasteiger partial charge in [-0.05, 0) is 67.3 Å². The molecule has 0 unspecified atom stereocenters. The van der Waals surface area contributed by atoms with Gasteiger partial charge in [-0.3, -0.25) is 4.98 Å². The monoisotopic (exact) mass is 316 g/mol. The van der Waals surface area contributed by atoms with Gasteiger partial charge in [-0.15, -0.1) is 0 Å². The van der Waals surface area contributed by atoms with E-state index in [0.717, 1.165) is 39.7 Å². The number of rotatable bonds is 3. The molecule has 0 aliphatic heterocycles. The van der Waals surface area contributed by atoms with E-state index in [9.17, 15) is 0 Å². The SMILES string of the molecule is Cc1ccc2c(n1)oc1ccc(-c3cc(CC(C)C)ccn3)cc12. The Labute approximate surface area is 141 Å². The van der Waals surface area contributed by atoms with Crippen molar-refractivity contribution in [1.82, 2.24) is 9.97 Å². The van der Waals surface area contributed by atoms with Crippen molar-refractivity contribution in [3.05, 3.63) is 59.9 Å². The summed E-state index contributed by atoms with van der Waals surface area (Å²) in [5.41, 5.74) is 5.96. The Balaban J connectivity index is 1.84. The fraction of sp³-hybridized carbons (Fsp3) is 0.238. The largest absolute Gasteiger partial charge is 0.438 e. The molecule has 120 valence electrons. The summed E-state index contributed by atoms with van der Waals surface area (Å²) in [6, 6.07) is 14.6. The molecule has 3 nitrogen and oxygen atoms in total. The van der Waals surface area contributed by atoms with Gasteiger partial charge in [0, 0.05) is 28.2 Å². The van der Waals surface area contributed by atoms with Crippen molar-refractivity contribution >= 4 is 22.1 Å². The maximum absolute atomic E-state index is 5.87. The Kier molecular flexibility index (Phi) is 3.57. The minimum atomic E-state index is 0.634. The number of hydrogen-bond acceptors (Lipinski definition) is 3. The van der Waals surface area contributed by atoms with Crippen LogP contribution in [-0.2, 0) is 6.42 Å². The topological polar surface area (TPSA) is 38.9 Å². The second-order valence-corrected chi connectivity index (χ2v) is 6.77. The number of pyridine rings is 2. The predicted molar refractivity (Wildman–Crippen MR) is 98.0 cm³/mol. The number of aryl methyl sites for hydroxylation is 1. The number of aromatic nitrogens is 2. The van der Waals surface area contributed by atoms with Crippen LogP contribution in [0.4, 0.5) is 0 Å². The fourth-order valence-corrected chi connectivity index (χ4v) is 3.14. The molecule has 0 N–H and O–H groups in total. The molecule has 0 fully saturated rings. The molecule has 4 rings (SSSR count). The number of nitrogens with zero attached hydrogens (tertiary/aromatic N) is 2. The summed E-state index contributed by atoms with van der Waals surface area (Å²) in [5.74, 6) is 0.634. The molecule has 0 atom stereocenters. The first-order chi connectivity index (χ1) is 11.6. The molecule has 1 aromatic carbocycles. The van der Waals surface area contributed by atoms with E-state index in [1.54, 1.807) is 0 Å². The van der Waals surface area contributed by atoms with Crippen LogP contribution in [0.15, 0.2) is 53.1 Å². The van der Waals surface area contributed by atoms with Crippen LogP contribution in [0.2, 0.25) is 0 Å². The average Bonchev–Trinajstić information content (AvgIpc) is 2.91. The third-order valence-corrected chi connectivity index (χ3v) is 4.24. The standard InChI is InChI=1S/C21H20N2O/c1-13(2)10-15-8-9-22-19(11-15)16-5-7-20-18(12-16)17-6-4-14(3)23-21(17)24-20/h4-9,11-13H,10H2,1-3H3. The van der Waals surface area contributed by atoms with Crippen molar-refractivity contribution in [2.45, 2.75) is 27.2 Å². The van der Waals surface area contributed by atoms with Crippen LogP contribution < -0.4 is 0 Å². The molecule has 0 saturated carbocycles. The normalized spacial score (nSPS) is 11.7. The lowest BCUT2D eigenvalue weighted by Gasteiger charge is -2.07. The molecule has 3 aromatic heterocycles. The van der Waals surface area contributed by atoms with Gasteiger partial charge in [0.25, 0.3) is 0 Å². The smallest absolute Gasteiger partial charge is 0.227 e. The van der Waals surface area contributed by atoms with E-state index in [4.69, 9.17) is 4.42 Å². The first kappa shape index (κ1) is 14.9. The summed E-state index contributed by atoms with van der Waals surface area (Å²) in [5, 5.41) is 2.14. The molecule has 24 heavy (non-hydrogen) atoms. The van der Waals surface area contributed by atoms with Crippen molar-refractivity contribution in [3.63, 3.8) is 0 Å². The fourth-order valence-electron chi connectivity index (χ4n) is 3.14. The van der Waals surface area contributed by atoms with Gasteiger partial charge < -0.3 is 4.42 Å². The van der Waals surface area contributed by atoms with Crippen molar-refractivity contribution in [2.75, 3.05) is 0 Å². The van der Waals surface area contributed by atoms with Gasteiger partial charge >= 0.3 is 0 Å². The highest BCUT2D eigenvalue weighted by Crippen LogP contribution is 2.31. The number of furan rings is 1. The minimum absolute atomic E-state index is 0.634. The highest BCUT2D eigenvalue weighted by molar-refractivity contribution is 6.04. The summed E-state index contributed by atoms with van der Waals surface area (Å²) in [7, 11) is 0. The summed E-state index contributed by atoms with van der Waals surface area (Å²) in [6.45, 7) is 6.44. The van der Waals surface area contributed by atoms with Crippen LogP contribution in [0, 0.1) is 12.8 Å². The molecule has 0 spiro atoms. The van der Waals surface area contributed by atoms with Gasteiger partial charge in [-0.25, -0.2) is 4.98 Å². The molecule has 0 aliphatic rings. The number of benzene rings is 1. The Morgan fingerprint density at radius 2 is 1.88 bits per heavy atom. The molecule has 0 bridgehead atoms. The molecular weight excluding hydrogens is 296 g/mol. The van der Waals surface area contributed by atoms with Crippen molar-refractivity contribution in [1.29, 1.82) is 0 Å². The summed E-state index contributed by atoms with van der Waals surface area (Å²) >= 11 is 0. The van der Waals surface area contributed by atoms with Crippen LogP contribution in [0.3, 0.4) is 0 Å². The molecule has 0 saturated heterocycles. The second kappa shape index (κ2) is 5.75. The summed E-state index contributed by atoms with van der Waals surface area (Å²) < 4.78 is 5.87. The molecule has 3 heterocycles. The van der Waals surface area contributed by atoms with Crippen LogP contribution in [0.1, 0.15) is 25.1 Å². The first-order valence-electron chi connectivity index (χ1n) is 8.35. The third-order valence-electron chi connectivity index (χ3n) is 4.24. The molecule has 0 amide bonds. The van der Waals surface area contributed by atoms with E-state index in [0.29, 0.717) is 11.6 Å². The predicted octanol–water partition coefficient (Wildman–Crippen LogP) is 5.55. The highest BCUT2D eigenvalue weighted by atomic mass is 16.3. The molecule has 3 heteroatoms. The van der Waals surface area contributed by atoms with E-state index in [2.05, 4.69) is 54.1 Å². The van der Waals surface area contributed by atoms with Crippen LogP contribution in [0.25, 0.3) is 33.3 Å². The van der Waals surface area contributed by atoms with Gasteiger partial charge in [0.05, 0.1) is 5.69 Å². The van der Waals surface area contributed by atoms with E-state index in [-0.39, 0.29) is 0 Å². The summed E-state index contributed by atoms with van der Waals surface area (Å²) in [4.78, 5) is 9.04. The maximum atomic E-state index is 5.87. The van der Waals surface area contributed by atoms with Gasteiger partial charge in [0.15, 0.2) is 0 Å². The van der Waals surface area contributed by atoms with Crippen molar-refractivity contribution in [2.24, 2.45) is 5.92 Å². The lowest BCUT2D eigenvalue weighted by molar-refractivity contribution is 0.647. The Hall–Kier alpha value is -2.68. The first-order valence-corrected chi connectivity index (χ1v) is 8.35. The van der Waals surface area contributed by atoms with E-state index >= 15 is 0 Å². The second-order valence-electron chi connectivity index (χ2n) is 6.77. The highest BCUT2D eigenvalue weighted by Gasteiger charge is 2.10. The number of hydrogen-bond donors (Lipinski definition) is 0. The lowest BCUT2D eigenvalue weighted by atomic mass is 10.0. The van der Waals surface area contributed by atoms with Gasteiger partial charge in [0.1, 0.15) is 5.58 Å². The van der Waals surface area contributed by atoms with Gasteiger partial charge in [0.2, 0.25) is 5.71 Å². The van der Waals surface area contributed by atoms with Gasteiger partial charge in [-0.2, -0.15) is 0 Å². The maximum Gasteiger partial charge on any atom is 0.227 e. The van der Waals surface area contributed by atoms with Gasteiger partial charge in [-0.1, -0.05) is 13.8 Å². The minimum Gasteiger partial charge on any atom is -0.438 e. The van der Waals surface area contributed by atoms with Crippen LogP contribution in [0.5, 0.6) is 0 Å². The molecule has 0 radical (unpaired) electrons. The molecule has 0 aliphatic carbocycles. The zero-order chi connectivity index (χ0) is 16.7. The zero-order valence-corrected chi connectivity index (χ0v) is 14.2. The quantitative estimate of drug-likeness (QED) is 0.497. The van der Waals surface area contributed by atoms with Crippen molar-refractivity contribution < 1.29 is 4.42 Å². The average molecular weight is 316 g/mol. The zero-order valence-electron chi connectivity index (χ0n) is 14.2. The van der Waals surface area contributed by atoms with Crippen molar-refractivity contribution in [3.8, 4) is 11.3 Å². The number of fused-ring (bicyclic) bond motifs is 3. The lowest BCUT2D eigenvalue weighted by Crippen LogP contribution is -1.95. The van der Waals surface area contributed by atoms with Crippen LogP contribution in [-0.4, -0.2) is 9.97 Å². The van der Waals surface area contributed by atoms with E-state index in [1.165, 1.54) is 5.56 Å². The molecular formula is C21H20N2O. The Bertz CT molecular complexity index is 1030.